The number of carboxylic acid groups (broad SMARTS) is 1. The first kappa shape index (κ1) is 23.9. The van der Waals surface area contributed by atoms with E-state index >= 15 is 0 Å². The van der Waals surface area contributed by atoms with Crippen molar-refractivity contribution in [1.82, 2.24) is 5.32 Å². The van der Waals surface area contributed by atoms with Crippen LogP contribution in [0.5, 0.6) is 0 Å². The molecule has 0 radical (unpaired) electrons. The van der Waals surface area contributed by atoms with E-state index in [9.17, 15) is 23.2 Å². The first-order valence-corrected chi connectivity index (χ1v) is 10.9. The number of aliphatic carboxylic acids is 1. The smallest absolute Gasteiger partial charge is 0.407 e. The third kappa shape index (κ3) is 5.46. The molecule has 1 aliphatic rings. The molecule has 35 heavy (non-hydrogen) atoms. The molecule has 0 saturated heterocycles. The Balaban J connectivity index is 1.43. The number of hydrogen-bond donors (Lipinski definition) is 3. The minimum atomic E-state index is -1.27. The largest absolute Gasteiger partial charge is 0.481 e. The highest BCUT2D eigenvalue weighted by atomic mass is 19.2. The molecule has 7 nitrogen and oxygen atoms in total. The molecule has 0 aliphatic heterocycles. The van der Waals surface area contributed by atoms with Crippen LogP contribution in [0.25, 0.3) is 11.1 Å². The number of amides is 2. The number of hydrogen-bond acceptors (Lipinski definition) is 4. The maximum absolute atomic E-state index is 13.5. The number of carboxylic acids is 1. The fourth-order valence-corrected chi connectivity index (χ4v) is 4.12. The molecular formula is C26H22F2N2O5. The van der Waals surface area contributed by atoms with Gasteiger partial charge in [-0.15, -0.1) is 0 Å². The molecule has 0 heterocycles. The molecular weight excluding hydrogens is 458 g/mol. The van der Waals surface area contributed by atoms with E-state index in [2.05, 4.69) is 10.6 Å². The van der Waals surface area contributed by atoms with E-state index in [1.165, 1.54) is 0 Å². The number of ether oxygens (including phenoxy) is 1. The summed E-state index contributed by atoms with van der Waals surface area (Å²) in [4.78, 5) is 36.2. The maximum Gasteiger partial charge on any atom is 0.407 e. The number of benzene rings is 3. The van der Waals surface area contributed by atoms with Gasteiger partial charge in [0.05, 0.1) is 0 Å². The molecule has 1 unspecified atom stereocenters. The summed E-state index contributed by atoms with van der Waals surface area (Å²) in [6.45, 7) is 0.0102. The zero-order chi connectivity index (χ0) is 24.9. The minimum Gasteiger partial charge on any atom is -0.481 e. The van der Waals surface area contributed by atoms with E-state index in [1.54, 1.807) is 0 Å². The maximum atomic E-state index is 13.5. The molecule has 2 amide bonds. The van der Waals surface area contributed by atoms with Crippen molar-refractivity contribution in [3.8, 4) is 11.1 Å². The number of nitrogens with one attached hydrogen (secondary N) is 2. The Hall–Kier alpha value is -4.27. The molecule has 3 aromatic rings. The molecule has 0 aromatic heterocycles. The number of carbonyl (C=O) groups excluding carboxylic acids is 2. The lowest BCUT2D eigenvalue weighted by Gasteiger charge is -2.19. The van der Waals surface area contributed by atoms with Gasteiger partial charge >= 0.3 is 12.1 Å². The molecule has 0 fully saturated rings. The molecule has 0 saturated carbocycles. The average molecular weight is 480 g/mol. The summed E-state index contributed by atoms with van der Waals surface area (Å²) < 4.78 is 32.0. The first-order valence-electron chi connectivity index (χ1n) is 10.9. The Kier molecular flexibility index (Phi) is 7.05. The number of fused-ring (bicyclic) bond motifs is 3. The zero-order valence-electron chi connectivity index (χ0n) is 18.5. The number of rotatable bonds is 8. The van der Waals surface area contributed by atoms with Gasteiger partial charge in [-0.1, -0.05) is 48.5 Å². The topological polar surface area (TPSA) is 105 Å². The van der Waals surface area contributed by atoms with Crippen LogP contribution in [0, 0.1) is 11.6 Å². The summed E-state index contributed by atoms with van der Waals surface area (Å²) >= 11 is 0. The van der Waals surface area contributed by atoms with Crippen molar-refractivity contribution in [1.29, 1.82) is 0 Å². The van der Waals surface area contributed by atoms with Crippen LogP contribution in [0.2, 0.25) is 0 Å². The molecule has 1 atom stereocenters. The lowest BCUT2D eigenvalue weighted by Crippen LogP contribution is -2.44. The number of anilines is 1. The molecule has 0 spiro atoms. The lowest BCUT2D eigenvalue weighted by atomic mass is 9.98. The highest BCUT2D eigenvalue weighted by Gasteiger charge is 2.30. The fourth-order valence-electron chi connectivity index (χ4n) is 4.12. The standard InChI is InChI=1S/C26H22F2N2O5/c27-21-10-9-15(13-22(21)28)29-25(33)23(11-12-24(31)32)30-26(34)35-14-20-18-7-3-1-5-16(18)17-6-2-4-8-19(17)20/h1-10,13,20,23H,11-12,14H2,(H,29,33)(H,30,34)(H,31,32). The van der Waals surface area contributed by atoms with Crippen molar-refractivity contribution < 1.29 is 33.0 Å². The van der Waals surface area contributed by atoms with Crippen LogP contribution >= 0.6 is 0 Å². The summed E-state index contributed by atoms with van der Waals surface area (Å²) in [7, 11) is 0. The third-order valence-electron chi connectivity index (χ3n) is 5.79. The van der Waals surface area contributed by atoms with Crippen LogP contribution in [0.4, 0.5) is 19.3 Å². The molecule has 3 aromatic carbocycles. The monoisotopic (exact) mass is 480 g/mol. The third-order valence-corrected chi connectivity index (χ3v) is 5.79. The SMILES string of the molecule is O=C(O)CCC(NC(=O)OCC1c2ccccc2-c2ccccc21)C(=O)Nc1ccc(F)c(F)c1. The van der Waals surface area contributed by atoms with Gasteiger partial charge in [-0.2, -0.15) is 0 Å². The molecule has 4 rings (SSSR count). The van der Waals surface area contributed by atoms with E-state index in [-0.39, 0.29) is 24.6 Å². The molecule has 180 valence electrons. The number of halogens is 2. The normalized spacial score (nSPS) is 12.9. The van der Waals surface area contributed by atoms with Crippen molar-refractivity contribution in [2.75, 3.05) is 11.9 Å². The Labute approximate surface area is 199 Å². The zero-order valence-corrected chi connectivity index (χ0v) is 18.5. The summed E-state index contributed by atoms with van der Waals surface area (Å²) in [6.07, 6.45) is -1.53. The molecule has 0 bridgehead atoms. The second-order valence-electron chi connectivity index (χ2n) is 8.07. The van der Waals surface area contributed by atoms with Gasteiger partial charge in [0.15, 0.2) is 11.6 Å². The Bertz CT molecular complexity index is 1230. The van der Waals surface area contributed by atoms with Crippen molar-refractivity contribution in [3.05, 3.63) is 89.5 Å². The van der Waals surface area contributed by atoms with Crippen LogP contribution in [0.3, 0.4) is 0 Å². The summed E-state index contributed by atoms with van der Waals surface area (Å²) in [5, 5.41) is 13.7. The van der Waals surface area contributed by atoms with Gasteiger partial charge < -0.3 is 20.5 Å². The average Bonchev–Trinajstić information content (AvgIpc) is 3.16. The van der Waals surface area contributed by atoms with Crippen LogP contribution in [0.1, 0.15) is 29.9 Å². The van der Waals surface area contributed by atoms with Crippen LogP contribution in [0.15, 0.2) is 66.7 Å². The Morgan fingerprint density at radius 3 is 2.14 bits per heavy atom. The van der Waals surface area contributed by atoms with Crippen molar-refractivity contribution in [3.63, 3.8) is 0 Å². The first-order chi connectivity index (χ1) is 16.8. The van der Waals surface area contributed by atoms with Crippen LogP contribution in [-0.2, 0) is 14.3 Å². The van der Waals surface area contributed by atoms with Crippen molar-refractivity contribution in [2.24, 2.45) is 0 Å². The van der Waals surface area contributed by atoms with Crippen molar-refractivity contribution >= 4 is 23.7 Å². The number of carbonyl (C=O) groups is 3. The van der Waals surface area contributed by atoms with Gasteiger partial charge in [0.25, 0.3) is 0 Å². The quantitative estimate of drug-likeness (QED) is 0.435. The Morgan fingerprint density at radius 1 is 0.914 bits per heavy atom. The van der Waals surface area contributed by atoms with E-state index in [0.717, 1.165) is 40.5 Å². The predicted molar refractivity (Wildman–Crippen MR) is 124 cm³/mol. The van der Waals surface area contributed by atoms with Gasteiger partial charge in [-0.3, -0.25) is 9.59 Å². The van der Waals surface area contributed by atoms with Crippen LogP contribution < -0.4 is 10.6 Å². The summed E-state index contributed by atoms with van der Waals surface area (Å²) in [6, 6.07) is 17.1. The van der Waals surface area contributed by atoms with Crippen molar-refractivity contribution in [2.45, 2.75) is 24.8 Å². The second-order valence-corrected chi connectivity index (χ2v) is 8.07. The van der Waals surface area contributed by atoms with Gasteiger partial charge in [0, 0.05) is 24.1 Å². The fraction of sp³-hybridized carbons (Fsp3) is 0.192. The molecule has 1 aliphatic carbocycles. The Morgan fingerprint density at radius 2 is 1.54 bits per heavy atom. The highest BCUT2D eigenvalue weighted by molar-refractivity contribution is 5.96. The highest BCUT2D eigenvalue weighted by Crippen LogP contribution is 2.44. The molecule has 9 heteroatoms. The van der Waals surface area contributed by atoms with Crippen LogP contribution in [-0.4, -0.2) is 35.7 Å². The predicted octanol–water partition coefficient (Wildman–Crippen LogP) is 4.68. The summed E-state index contributed by atoms with van der Waals surface area (Å²) in [5.41, 5.74) is 4.10. The minimum absolute atomic E-state index is 0.0102. The number of alkyl carbamates (subject to hydrolysis) is 1. The lowest BCUT2D eigenvalue weighted by molar-refractivity contribution is -0.137. The second kappa shape index (κ2) is 10.3. The van der Waals surface area contributed by atoms with Gasteiger partial charge in [0.2, 0.25) is 5.91 Å². The van der Waals surface area contributed by atoms with E-state index in [4.69, 9.17) is 9.84 Å². The molecule has 3 N–H and O–H groups in total. The summed E-state index contributed by atoms with van der Waals surface area (Å²) in [5.74, 6) is -4.38. The van der Waals surface area contributed by atoms with E-state index in [1.807, 2.05) is 48.5 Å². The van der Waals surface area contributed by atoms with E-state index < -0.39 is 42.1 Å². The van der Waals surface area contributed by atoms with Gasteiger partial charge in [-0.25, -0.2) is 13.6 Å². The van der Waals surface area contributed by atoms with Gasteiger partial charge in [0.1, 0.15) is 12.6 Å². The van der Waals surface area contributed by atoms with Gasteiger partial charge in [-0.05, 0) is 40.8 Å². The van der Waals surface area contributed by atoms with E-state index in [0.29, 0.717) is 0 Å².